The van der Waals surface area contributed by atoms with Crippen molar-refractivity contribution in [3.8, 4) is 0 Å². The van der Waals surface area contributed by atoms with Crippen LogP contribution < -0.4 is 5.32 Å². The number of benzene rings is 1. The topological polar surface area (TPSA) is 55.4 Å². The average molecular weight is 321 g/mol. The molecule has 0 bridgehead atoms. The van der Waals surface area contributed by atoms with Crippen LogP contribution in [-0.2, 0) is 16.0 Å². The summed E-state index contributed by atoms with van der Waals surface area (Å²) < 4.78 is 4.67. The first kappa shape index (κ1) is 15.6. The van der Waals surface area contributed by atoms with Crippen molar-refractivity contribution in [2.75, 3.05) is 12.4 Å². The van der Waals surface area contributed by atoms with E-state index in [-0.39, 0.29) is 5.91 Å². The molecule has 1 aromatic heterocycles. The van der Waals surface area contributed by atoms with Crippen molar-refractivity contribution in [1.29, 1.82) is 0 Å². The molecule has 0 saturated carbocycles. The summed E-state index contributed by atoms with van der Waals surface area (Å²) in [5.74, 6) is -0.708. The average Bonchev–Trinajstić information content (AvgIpc) is 2.95. The van der Waals surface area contributed by atoms with Crippen LogP contribution in [0.15, 0.2) is 41.8 Å². The summed E-state index contributed by atoms with van der Waals surface area (Å²) in [4.78, 5) is 23.7. The molecule has 0 aliphatic heterocycles. The van der Waals surface area contributed by atoms with Gasteiger partial charge in [0, 0.05) is 0 Å². The van der Waals surface area contributed by atoms with E-state index in [4.69, 9.17) is 0 Å². The zero-order valence-corrected chi connectivity index (χ0v) is 13.1. The summed E-state index contributed by atoms with van der Waals surface area (Å²) >= 11 is 5.61. The highest BCUT2D eigenvalue weighted by Crippen LogP contribution is 2.24. The number of esters is 1. The number of carbonyl (C=O) groups excluding carboxylic acids is 2. The third-order valence-electron chi connectivity index (χ3n) is 2.88. The van der Waals surface area contributed by atoms with Crippen molar-refractivity contribution >= 4 is 40.8 Å². The first-order chi connectivity index (χ1) is 10.1. The lowest BCUT2D eigenvalue weighted by Gasteiger charge is -2.11. The van der Waals surface area contributed by atoms with Crippen molar-refractivity contribution in [3.05, 3.63) is 52.9 Å². The highest BCUT2D eigenvalue weighted by Gasteiger charge is 2.19. The quantitative estimate of drug-likeness (QED) is 0.657. The Kier molecular flexibility index (Phi) is 5.41. The van der Waals surface area contributed by atoms with Crippen LogP contribution in [0.25, 0.3) is 0 Å². The maximum atomic E-state index is 12.1. The van der Waals surface area contributed by atoms with Crippen molar-refractivity contribution in [3.63, 3.8) is 0 Å². The fraction of sp³-hybridized carbons (Fsp3) is 0.200. The van der Waals surface area contributed by atoms with E-state index in [1.54, 1.807) is 11.4 Å². The van der Waals surface area contributed by atoms with Crippen molar-refractivity contribution in [2.24, 2.45) is 0 Å². The molecule has 1 heterocycles. The predicted molar refractivity (Wildman–Crippen MR) is 87.2 cm³/mol. The zero-order chi connectivity index (χ0) is 15.2. The van der Waals surface area contributed by atoms with E-state index in [2.05, 4.69) is 22.7 Å². The lowest BCUT2D eigenvalue weighted by Crippen LogP contribution is -2.25. The fourth-order valence-electron chi connectivity index (χ4n) is 1.80. The van der Waals surface area contributed by atoms with Crippen LogP contribution in [0.4, 0.5) is 5.00 Å². The first-order valence-electron chi connectivity index (χ1n) is 6.30. The van der Waals surface area contributed by atoms with Gasteiger partial charge in [0.15, 0.2) is 0 Å². The van der Waals surface area contributed by atoms with E-state index in [1.165, 1.54) is 18.4 Å². The van der Waals surface area contributed by atoms with Gasteiger partial charge in [0.2, 0.25) is 5.91 Å². The fourth-order valence-corrected chi connectivity index (χ4v) is 2.86. The molecule has 0 saturated heterocycles. The number of thiol groups is 1. The van der Waals surface area contributed by atoms with Crippen molar-refractivity contribution in [1.82, 2.24) is 0 Å². The Labute approximate surface area is 132 Å². The van der Waals surface area contributed by atoms with Gasteiger partial charge in [-0.25, -0.2) is 4.79 Å². The van der Waals surface area contributed by atoms with Gasteiger partial charge in [0.25, 0.3) is 0 Å². The summed E-state index contributed by atoms with van der Waals surface area (Å²) in [6.07, 6.45) is 0.523. The lowest BCUT2D eigenvalue weighted by atomic mass is 10.1. The number of nitrogens with one attached hydrogen (secondary N) is 1. The van der Waals surface area contributed by atoms with Crippen molar-refractivity contribution < 1.29 is 14.3 Å². The molecular formula is C15H15NO3S2. The van der Waals surface area contributed by atoms with Gasteiger partial charge in [0.05, 0.1) is 17.9 Å². The normalized spacial score (nSPS) is 11.7. The van der Waals surface area contributed by atoms with Gasteiger partial charge in [-0.2, -0.15) is 12.6 Å². The third kappa shape index (κ3) is 4.09. The maximum Gasteiger partial charge on any atom is 0.340 e. The van der Waals surface area contributed by atoms with E-state index in [1.807, 2.05) is 30.3 Å². The highest BCUT2D eigenvalue weighted by atomic mass is 32.1. The first-order valence-corrected chi connectivity index (χ1v) is 7.70. The van der Waals surface area contributed by atoms with Crippen LogP contribution >= 0.6 is 24.0 Å². The van der Waals surface area contributed by atoms with Crippen LogP contribution in [0.5, 0.6) is 0 Å². The Morgan fingerprint density at radius 2 is 2.00 bits per heavy atom. The molecular weight excluding hydrogens is 306 g/mol. The molecule has 0 aliphatic carbocycles. The number of carbonyl (C=O) groups is 2. The standard InChI is InChI=1S/C15H15NO3S2/c1-19-15(18)11-7-8-21-14(11)16-13(17)12(20)9-10-5-3-2-4-6-10/h2-8,12,20H,9H2,1H3,(H,16,17). The van der Waals surface area contributed by atoms with Crippen molar-refractivity contribution in [2.45, 2.75) is 11.7 Å². The molecule has 1 amide bonds. The van der Waals surface area contributed by atoms with Crippen LogP contribution in [0.1, 0.15) is 15.9 Å². The van der Waals surface area contributed by atoms with Crippen LogP contribution in [0, 0.1) is 0 Å². The maximum absolute atomic E-state index is 12.1. The second-order valence-electron chi connectivity index (χ2n) is 4.35. The highest BCUT2D eigenvalue weighted by molar-refractivity contribution is 7.81. The summed E-state index contributed by atoms with van der Waals surface area (Å²) in [6.45, 7) is 0. The lowest BCUT2D eigenvalue weighted by molar-refractivity contribution is -0.115. The molecule has 0 radical (unpaired) electrons. The third-order valence-corrected chi connectivity index (χ3v) is 4.13. The molecule has 1 atom stereocenters. The largest absolute Gasteiger partial charge is 0.465 e. The van der Waals surface area contributed by atoms with Gasteiger partial charge in [0.1, 0.15) is 5.00 Å². The van der Waals surface area contributed by atoms with Gasteiger partial charge in [-0.3, -0.25) is 4.79 Å². The van der Waals surface area contributed by atoms with E-state index in [0.29, 0.717) is 17.0 Å². The molecule has 2 aromatic rings. The number of hydrogen-bond acceptors (Lipinski definition) is 5. The van der Waals surface area contributed by atoms with E-state index in [9.17, 15) is 9.59 Å². The van der Waals surface area contributed by atoms with Gasteiger partial charge in [-0.05, 0) is 23.4 Å². The van der Waals surface area contributed by atoms with Gasteiger partial charge in [-0.1, -0.05) is 30.3 Å². The number of anilines is 1. The number of hydrogen-bond donors (Lipinski definition) is 2. The summed E-state index contributed by atoms with van der Waals surface area (Å²) in [7, 11) is 1.31. The monoisotopic (exact) mass is 321 g/mol. The minimum absolute atomic E-state index is 0.241. The Bertz CT molecular complexity index is 625. The van der Waals surface area contributed by atoms with Crippen LogP contribution in [0.3, 0.4) is 0 Å². The molecule has 1 aromatic carbocycles. The smallest absolute Gasteiger partial charge is 0.340 e. The summed E-state index contributed by atoms with van der Waals surface area (Å²) in [5.41, 5.74) is 1.39. The summed E-state index contributed by atoms with van der Waals surface area (Å²) in [6, 6.07) is 11.3. The second kappa shape index (κ2) is 7.28. The Hall–Kier alpha value is -1.79. The molecule has 6 heteroatoms. The second-order valence-corrected chi connectivity index (χ2v) is 5.89. The Balaban J connectivity index is 2.01. The molecule has 0 fully saturated rings. The zero-order valence-electron chi connectivity index (χ0n) is 11.4. The predicted octanol–water partition coefficient (Wildman–Crippen LogP) is 3.01. The molecule has 1 unspecified atom stereocenters. The van der Waals surface area contributed by atoms with E-state index in [0.717, 1.165) is 5.56 Å². The Morgan fingerprint density at radius 1 is 1.29 bits per heavy atom. The number of rotatable bonds is 5. The van der Waals surface area contributed by atoms with Gasteiger partial charge >= 0.3 is 5.97 Å². The number of ether oxygens (including phenoxy) is 1. The molecule has 2 rings (SSSR count). The minimum Gasteiger partial charge on any atom is -0.465 e. The number of thiophene rings is 1. The van der Waals surface area contributed by atoms with Gasteiger partial charge in [-0.15, -0.1) is 11.3 Å². The number of amides is 1. The molecule has 1 N–H and O–H groups in total. The molecule has 4 nitrogen and oxygen atoms in total. The van der Waals surface area contributed by atoms with Gasteiger partial charge < -0.3 is 10.1 Å². The molecule has 0 spiro atoms. The van der Waals surface area contributed by atoms with Crippen LogP contribution in [-0.4, -0.2) is 24.2 Å². The SMILES string of the molecule is COC(=O)c1ccsc1NC(=O)C(S)Cc1ccccc1. The van der Waals surface area contributed by atoms with E-state index >= 15 is 0 Å². The molecule has 0 aliphatic rings. The summed E-state index contributed by atoms with van der Waals surface area (Å²) in [5, 5.41) is 4.46. The minimum atomic E-state index is -0.486. The van der Waals surface area contributed by atoms with Crippen LogP contribution in [0.2, 0.25) is 0 Å². The number of methoxy groups -OCH3 is 1. The Morgan fingerprint density at radius 3 is 2.67 bits per heavy atom. The van der Waals surface area contributed by atoms with E-state index < -0.39 is 11.2 Å². The molecule has 21 heavy (non-hydrogen) atoms. The molecule has 110 valence electrons.